The molecule has 3 heterocycles. The maximum atomic E-state index is 11.6. The van der Waals surface area contributed by atoms with Crippen molar-refractivity contribution in [2.24, 2.45) is 5.73 Å². The standard InChI is InChI=1S/C9H12N6O2/c10-8-14-5-4(6(16)15-8)12-7(13-5)9(11)1-2-17-3-9/h1-3,11H2,(H4,10,12,13,14,15,16). The van der Waals surface area contributed by atoms with E-state index in [4.69, 9.17) is 16.2 Å². The molecular formula is C9H12N6O2. The minimum atomic E-state index is -0.679. The number of nitrogens with zero attached hydrogens (tertiary/aromatic N) is 2. The van der Waals surface area contributed by atoms with Gasteiger partial charge in [0.2, 0.25) is 5.95 Å². The molecule has 0 saturated carbocycles. The molecule has 0 aliphatic carbocycles. The molecule has 90 valence electrons. The smallest absolute Gasteiger partial charge is 0.278 e. The minimum Gasteiger partial charge on any atom is -0.379 e. The van der Waals surface area contributed by atoms with E-state index in [2.05, 4.69) is 19.9 Å². The van der Waals surface area contributed by atoms with Crippen LogP contribution in [0.5, 0.6) is 0 Å². The highest BCUT2D eigenvalue weighted by Crippen LogP contribution is 2.26. The molecule has 17 heavy (non-hydrogen) atoms. The molecule has 0 aromatic carbocycles. The second-order valence-electron chi connectivity index (χ2n) is 4.19. The molecule has 1 atom stereocenters. The summed E-state index contributed by atoms with van der Waals surface area (Å²) in [6.45, 7) is 0.958. The Morgan fingerprint density at radius 2 is 2.18 bits per heavy atom. The number of aromatic nitrogens is 4. The minimum absolute atomic E-state index is 0.0364. The van der Waals surface area contributed by atoms with Crippen LogP contribution in [0, 0.1) is 0 Å². The first-order valence-corrected chi connectivity index (χ1v) is 5.21. The molecule has 1 saturated heterocycles. The molecule has 6 N–H and O–H groups in total. The number of nitrogen functional groups attached to an aromatic ring is 1. The van der Waals surface area contributed by atoms with Crippen molar-refractivity contribution < 1.29 is 4.74 Å². The molecule has 1 fully saturated rings. The molecule has 2 aromatic heterocycles. The lowest BCUT2D eigenvalue weighted by molar-refractivity contribution is 0.176. The molecular weight excluding hydrogens is 224 g/mol. The summed E-state index contributed by atoms with van der Waals surface area (Å²) in [6.07, 6.45) is 0.653. The Morgan fingerprint density at radius 1 is 1.35 bits per heavy atom. The zero-order valence-corrected chi connectivity index (χ0v) is 8.99. The van der Waals surface area contributed by atoms with E-state index < -0.39 is 5.54 Å². The fourth-order valence-corrected chi connectivity index (χ4v) is 1.93. The van der Waals surface area contributed by atoms with Crippen LogP contribution in [-0.4, -0.2) is 33.1 Å². The number of nitrogens with two attached hydrogens (primary N) is 2. The number of rotatable bonds is 1. The summed E-state index contributed by atoms with van der Waals surface area (Å²) in [5, 5.41) is 0. The maximum absolute atomic E-state index is 11.6. The first-order chi connectivity index (χ1) is 8.08. The van der Waals surface area contributed by atoms with Crippen molar-refractivity contribution >= 4 is 17.1 Å². The monoisotopic (exact) mass is 236 g/mol. The lowest BCUT2D eigenvalue weighted by Gasteiger charge is -2.17. The van der Waals surface area contributed by atoms with Gasteiger partial charge in [-0.25, -0.2) is 4.98 Å². The number of H-pyrrole nitrogens is 2. The van der Waals surface area contributed by atoms with Crippen LogP contribution in [0.25, 0.3) is 11.2 Å². The highest BCUT2D eigenvalue weighted by Gasteiger charge is 2.35. The lowest BCUT2D eigenvalue weighted by atomic mass is 10.00. The predicted molar refractivity (Wildman–Crippen MR) is 60.2 cm³/mol. The van der Waals surface area contributed by atoms with Gasteiger partial charge in [0.05, 0.1) is 6.61 Å². The molecule has 0 radical (unpaired) electrons. The summed E-state index contributed by atoms with van der Waals surface area (Å²) < 4.78 is 5.25. The second kappa shape index (κ2) is 3.28. The Kier molecular flexibility index (Phi) is 1.98. The van der Waals surface area contributed by atoms with Gasteiger partial charge in [-0.05, 0) is 6.42 Å². The van der Waals surface area contributed by atoms with Crippen molar-refractivity contribution in [1.29, 1.82) is 0 Å². The molecule has 3 rings (SSSR count). The Labute approximate surface area is 95.4 Å². The average molecular weight is 236 g/mol. The molecule has 1 unspecified atom stereocenters. The third kappa shape index (κ3) is 1.49. The van der Waals surface area contributed by atoms with Crippen LogP contribution in [-0.2, 0) is 10.3 Å². The number of hydrogen-bond donors (Lipinski definition) is 4. The van der Waals surface area contributed by atoms with E-state index in [-0.39, 0.29) is 22.7 Å². The molecule has 0 amide bonds. The Bertz CT molecular complexity index is 624. The number of aromatic amines is 2. The first-order valence-electron chi connectivity index (χ1n) is 5.21. The molecule has 8 heteroatoms. The van der Waals surface area contributed by atoms with Crippen LogP contribution >= 0.6 is 0 Å². The van der Waals surface area contributed by atoms with E-state index in [1.165, 1.54) is 0 Å². The van der Waals surface area contributed by atoms with E-state index in [9.17, 15) is 4.79 Å². The number of hydrogen-bond acceptors (Lipinski definition) is 6. The third-order valence-corrected chi connectivity index (χ3v) is 2.90. The molecule has 2 aromatic rings. The first kappa shape index (κ1) is 10.2. The summed E-state index contributed by atoms with van der Waals surface area (Å²) >= 11 is 0. The van der Waals surface area contributed by atoms with E-state index in [1.54, 1.807) is 0 Å². The highest BCUT2D eigenvalue weighted by molar-refractivity contribution is 5.70. The van der Waals surface area contributed by atoms with Crippen LogP contribution in [0.2, 0.25) is 0 Å². The number of nitrogens with one attached hydrogen (secondary N) is 2. The topological polar surface area (TPSA) is 136 Å². The maximum Gasteiger partial charge on any atom is 0.278 e. The van der Waals surface area contributed by atoms with Gasteiger partial charge in [-0.1, -0.05) is 0 Å². The summed E-state index contributed by atoms with van der Waals surface area (Å²) in [5.41, 5.74) is 11.1. The van der Waals surface area contributed by atoms with Gasteiger partial charge in [-0.3, -0.25) is 9.78 Å². The van der Waals surface area contributed by atoms with Crippen LogP contribution < -0.4 is 17.0 Å². The van der Waals surface area contributed by atoms with Crippen LogP contribution in [0.3, 0.4) is 0 Å². The summed E-state index contributed by atoms with van der Waals surface area (Å²) in [5.74, 6) is 0.544. The van der Waals surface area contributed by atoms with E-state index in [0.717, 1.165) is 0 Å². The predicted octanol–water partition coefficient (Wildman–Crippen LogP) is -1.20. The Morgan fingerprint density at radius 3 is 2.88 bits per heavy atom. The van der Waals surface area contributed by atoms with Gasteiger partial charge in [-0.15, -0.1) is 0 Å². The fraction of sp³-hybridized carbons (Fsp3) is 0.444. The molecule has 1 aliphatic rings. The van der Waals surface area contributed by atoms with Crippen LogP contribution in [0.4, 0.5) is 5.95 Å². The van der Waals surface area contributed by atoms with Gasteiger partial charge in [0.15, 0.2) is 11.2 Å². The normalized spacial score (nSPS) is 24.5. The van der Waals surface area contributed by atoms with Crippen molar-refractivity contribution in [3.63, 3.8) is 0 Å². The molecule has 1 aliphatic heterocycles. The highest BCUT2D eigenvalue weighted by atomic mass is 16.5. The van der Waals surface area contributed by atoms with Crippen molar-refractivity contribution in [3.8, 4) is 0 Å². The van der Waals surface area contributed by atoms with Crippen molar-refractivity contribution in [1.82, 2.24) is 19.9 Å². The van der Waals surface area contributed by atoms with E-state index >= 15 is 0 Å². The lowest BCUT2D eigenvalue weighted by Crippen LogP contribution is -2.38. The third-order valence-electron chi connectivity index (χ3n) is 2.90. The van der Waals surface area contributed by atoms with Gasteiger partial charge in [0.25, 0.3) is 5.56 Å². The quantitative estimate of drug-likeness (QED) is 0.491. The summed E-state index contributed by atoms with van der Waals surface area (Å²) in [7, 11) is 0. The molecule has 0 spiro atoms. The van der Waals surface area contributed by atoms with Gasteiger partial charge < -0.3 is 21.2 Å². The van der Waals surface area contributed by atoms with Crippen molar-refractivity contribution in [2.45, 2.75) is 12.0 Å². The van der Waals surface area contributed by atoms with Crippen molar-refractivity contribution in [3.05, 3.63) is 16.2 Å². The average Bonchev–Trinajstić information content (AvgIpc) is 2.84. The number of anilines is 1. The van der Waals surface area contributed by atoms with Gasteiger partial charge in [0, 0.05) is 6.61 Å². The zero-order chi connectivity index (χ0) is 12.0. The molecule has 8 nitrogen and oxygen atoms in total. The van der Waals surface area contributed by atoms with Gasteiger partial charge in [-0.2, -0.15) is 4.98 Å². The van der Waals surface area contributed by atoms with Crippen molar-refractivity contribution in [2.75, 3.05) is 18.9 Å². The van der Waals surface area contributed by atoms with Gasteiger partial charge >= 0.3 is 0 Å². The van der Waals surface area contributed by atoms with E-state index in [1.807, 2.05) is 0 Å². The zero-order valence-electron chi connectivity index (χ0n) is 8.99. The summed E-state index contributed by atoms with van der Waals surface area (Å²) in [4.78, 5) is 25.1. The van der Waals surface area contributed by atoms with Crippen LogP contribution in [0.1, 0.15) is 12.2 Å². The Hall–Kier alpha value is -1.93. The Balaban J connectivity index is 2.20. The van der Waals surface area contributed by atoms with Gasteiger partial charge in [0.1, 0.15) is 11.4 Å². The van der Waals surface area contributed by atoms with Crippen LogP contribution in [0.15, 0.2) is 4.79 Å². The summed E-state index contributed by atoms with van der Waals surface area (Å²) in [6, 6.07) is 0. The number of fused-ring (bicyclic) bond motifs is 1. The molecule has 0 bridgehead atoms. The second-order valence-corrected chi connectivity index (χ2v) is 4.19. The number of ether oxygens (including phenoxy) is 1. The largest absolute Gasteiger partial charge is 0.379 e. The SMILES string of the molecule is Nc1nc2nc(C3(N)CCOC3)[nH]c2c(=O)[nH]1. The fourth-order valence-electron chi connectivity index (χ4n) is 1.93. The van der Waals surface area contributed by atoms with E-state index in [0.29, 0.717) is 25.5 Å². The number of imidazole rings is 1.